The number of aliphatic hydroxyl groups excluding tert-OH is 1. The summed E-state index contributed by atoms with van der Waals surface area (Å²) in [6, 6.07) is 0. The molecule has 0 saturated heterocycles. The zero-order chi connectivity index (χ0) is 7.94. The van der Waals surface area contributed by atoms with Crippen LogP contribution in [0, 0.1) is 11.3 Å². The van der Waals surface area contributed by atoms with E-state index in [1.165, 1.54) is 0 Å². The maximum Gasteiger partial charge on any atom is 0.0585 e. The van der Waals surface area contributed by atoms with E-state index in [0.29, 0.717) is 5.92 Å². The van der Waals surface area contributed by atoms with Gasteiger partial charge >= 0.3 is 0 Å². The van der Waals surface area contributed by atoms with Gasteiger partial charge < -0.3 is 5.11 Å². The molecule has 1 aliphatic carbocycles. The summed E-state index contributed by atoms with van der Waals surface area (Å²) in [6.45, 7) is 6.20. The summed E-state index contributed by atoms with van der Waals surface area (Å²) >= 11 is 5.96. The van der Waals surface area contributed by atoms with E-state index in [1.807, 2.05) is 6.92 Å². The van der Waals surface area contributed by atoms with E-state index in [2.05, 4.69) is 13.8 Å². The van der Waals surface area contributed by atoms with Crippen molar-refractivity contribution >= 4 is 11.6 Å². The van der Waals surface area contributed by atoms with Gasteiger partial charge in [0, 0.05) is 11.3 Å². The second kappa shape index (κ2) is 2.38. The topological polar surface area (TPSA) is 20.2 Å². The van der Waals surface area contributed by atoms with E-state index >= 15 is 0 Å². The minimum atomic E-state index is -0.197. The van der Waals surface area contributed by atoms with Crippen molar-refractivity contribution in [3.05, 3.63) is 0 Å². The highest BCUT2D eigenvalue weighted by molar-refractivity contribution is 6.23. The van der Waals surface area contributed by atoms with Crippen LogP contribution in [0.2, 0.25) is 0 Å². The van der Waals surface area contributed by atoms with Crippen molar-refractivity contribution in [3.8, 4) is 0 Å². The fourth-order valence-electron chi connectivity index (χ4n) is 1.56. The van der Waals surface area contributed by atoms with Crippen molar-refractivity contribution in [2.24, 2.45) is 11.3 Å². The summed E-state index contributed by atoms with van der Waals surface area (Å²) in [6.07, 6.45) is 0.620. The Kier molecular flexibility index (Phi) is 1.99. The van der Waals surface area contributed by atoms with Gasteiger partial charge in [-0.15, -0.1) is 11.6 Å². The lowest BCUT2D eigenvalue weighted by Gasteiger charge is -2.07. The highest BCUT2D eigenvalue weighted by atomic mass is 35.5. The molecule has 2 heteroatoms. The van der Waals surface area contributed by atoms with Crippen LogP contribution in [-0.2, 0) is 0 Å². The standard InChI is InChI=1S/C8H15ClO/c1-4-5(10)6-7(9)8(6,2)3/h5-7,10H,4H2,1-3H3/t5-,6-,7+/m0/s1. The van der Waals surface area contributed by atoms with Crippen LogP contribution in [0.1, 0.15) is 27.2 Å². The van der Waals surface area contributed by atoms with Gasteiger partial charge in [0.15, 0.2) is 0 Å². The van der Waals surface area contributed by atoms with Gasteiger partial charge in [0.1, 0.15) is 0 Å². The van der Waals surface area contributed by atoms with Crippen LogP contribution in [0.5, 0.6) is 0 Å². The first-order valence-electron chi connectivity index (χ1n) is 3.84. The van der Waals surface area contributed by atoms with Crippen LogP contribution in [-0.4, -0.2) is 16.6 Å². The summed E-state index contributed by atoms with van der Waals surface area (Å²) in [5.74, 6) is 0.319. The van der Waals surface area contributed by atoms with E-state index < -0.39 is 0 Å². The minimum Gasteiger partial charge on any atom is -0.393 e. The Morgan fingerprint density at radius 1 is 1.60 bits per heavy atom. The monoisotopic (exact) mass is 162 g/mol. The SMILES string of the molecule is CC[C@H](O)[C@H]1[C@@H](Cl)C1(C)C. The summed E-state index contributed by atoms with van der Waals surface area (Å²) in [7, 11) is 0. The molecule has 3 atom stereocenters. The first-order valence-corrected chi connectivity index (χ1v) is 4.27. The van der Waals surface area contributed by atoms with Gasteiger partial charge in [-0.2, -0.15) is 0 Å². The second-order valence-electron chi connectivity index (χ2n) is 3.72. The van der Waals surface area contributed by atoms with Gasteiger partial charge in [0.05, 0.1) is 6.10 Å². The molecule has 1 rings (SSSR count). The molecule has 0 heterocycles. The number of hydrogen-bond donors (Lipinski definition) is 1. The summed E-state index contributed by atoms with van der Waals surface area (Å²) in [4.78, 5) is 0. The van der Waals surface area contributed by atoms with Gasteiger partial charge in [-0.05, 0) is 11.8 Å². The van der Waals surface area contributed by atoms with Gasteiger partial charge in [0.2, 0.25) is 0 Å². The summed E-state index contributed by atoms with van der Waals surface area (Å²) < 4.78 is 0. The lowest BCUT2D eigenvalue weighted by molar-refractivity contribution is 0.133. The number of alkyl halides is 1. The molecule has 1 saturated carbocycles. The molecule has 60 valence electrons. The fraction of sp³-hybridized carbons (Fsp3) is 1.00. The lowest BCUT2D eigenvalue weighted by Crippen LogP contribution is -2.11. The Labute approximate surface area is 67.4 Å². The Morgan fingerprint density at radius 2 is 2.00 bits per heavy atom. The van der Waals surface area contributed by atoms with Crippen LogP contribution >= 0.6 is 11.6 Å². The minimum absolute atomic E-state index is 0.164. The molecule has 0 spiro atoms. The van der Waals surface area contributed by atoms with Gasteiger partial charge in [-0.3, -0.25) is 0 Å². The van der Waals surface area contributed by atoms with Crippen molar-refractivity contribution in [1.29, 1.82) is 0 Å². The quantitative estimate of drug-likeness (QED) is 0.616. The van der Waals surface area contributed by atoms with E-state index in [0.717, 1.165) is 6.42 Å². The Hall–Kier alpha value is 0.250. The zero-order valence-electron chi connectivity index (χ0n) is 6.76. The van der Waals surface area contributed by atoms with Gasteiger partial charge in [-0.1, -0.05) is 20.8 Å². The van der Waals surface area contributed by atoms with E-state index in [-0.39, 0.29) is 16.9 Å². The second-order valence-corrected chi connectivity index (χ2v) is 4.19. The molecular formula is C8H15ClO. The third-order valence-electron chi connectivity index (χ3n) is 2.61. The first kappa shape index (κ1) is 8.35. The molecule has 0 aromatic heterocycles. The van der Waals surface area contributed by atoms with Crippen molar-refractivity contribution in [2.75, 3.05) is 0 Å². The van der Waals surface area contributed by atoms with Crippen LogP contribution < -0.4 is 0 Å². The lowest BCUT2D eigenvalue weighted by atomic mass is 10.0. The van der Waals surface area contributed by atoms with Crippen LogP contribution in [0.25, 0.3) is 0 Å². The number of aliphatic hydroxyl groups is 1. The van der Waals surface area contributed by atoms with E-state index in [4.69, 9.17) is 11.6 Å². The van der Waals surface area contributed by atoms with Gasteiger partial charge in [-0.25, -0.2) is 0 Å². The number of rotatable bonds is 2. The molecule has 1 aliphatic rings. The van der Waals surface area contributed by atoms with E-state index in [9.17, 15) is 5.11 Å². The smallest absolute Gasteiger partial charge is 0.0585 e. The average molecular weight is 163 g/mol. The molecule has 1 fully saturated rings. The maximum atomic E-state index is 9.42. The normalized spacial score (nSPS) is 39.3. The Balaban J connectivity index is 2.48. The summed E-state index contributed by atoms with van der Waals surface area (Å²) in [5, 5.41) is 9.60. The average Bonchev–Trinajstić information content (AvgIpc) is 2.33. The molecule has 0 aromatic rings. The fourth-order valence-corrected chi connectivity index (χ4v) is 2.12. The maximum absolute atomic E-state index is 9.42. The van der Waals surface area contributed by atoms with Crippen molar-refractivity contribution in [1.82, 2.24) is 0 Å². The number of hydrogen-bond acceptors (Lipinski definition) is 1. The molecule has 0 bridgehead atoms. The van der Waals surface area contributed by atoms with Crippen molar-refractivity contribution < 1.29 is 5.11 Å². The van der Waals surface area contributed by atoms with Crippen LogP contribution in [0.4, 0.5) is 0 Å². The van der Waals surface area contributed by atoms with Crippen LogP contribution in [0.3, 0.4) is 0 Å². The van der Waals surface area contributed by atoms with Gasteiger partial charge in [0.25, 0.3) is 0 Å². The largest absolute Gasteiger partial charge is 0.393 e. The molecule has 1 nitrogen and oxygen atoms in total. The molecule has 1 N–H and O–H groups in total. The van der Waals surface area contributed by atoms with E-state index in [1.54, 1.807) is 0 Å². The third kappa shape index (κ3) is 1.06. The zero-order valence-corrected chi connectivity index (χ0v) is 7.52. The molecule has 10 heavy (non-hydrogen) atoms. The molecule has 0 radical (unpaired) electrons. The van der Waals surface area contributed by atoms with Crippen molar-refractivity contribution in [2.45, 2.75) is 38.7 Å². The molecular weight excluding hydrogens is 148 g/mol. The Bertz CT molecular complexity index is 133. The summed E-state index contributed by atoms with van der Waals surface area (Å²) in [5.41, 5.74) is 0.164. The predicted molar refractivity (Wildman–Crippen MR) is 43.2 cm³/mol. The molecule has 0 aromatic carbocycles. The third-order valence-corrected chi connectivity index (χ3v) is 3.44. The Morgan fingerprint density at radius 3 is 2.10 bits per heavy atom. The molecule has 0 amide bonds. The highest BCUT2D eigenvalue weighted by Gasteiger charge is 2.59. The van der Waals surface area contributed by atoms with Crippen molar-refractivity contribution in [3.63, 3.8) is 0 Å². The highest BCUT2D eigenvalue weighted by Crippen LogP contribution is 2.57. The first-order chi connectivity index (χ1) is 4.51. The predicted octanol–water partition coefficient (Wildman–Crippen LogP) is 2.02. The number of halogens is 1. The molecule has 0 aliphatic heterocycles. The van der Waals surface area contributed by atoms with Crippen LogP contribution in [0.15, 0.2) is 0 Å². The molecule has 0 unspecified atom stereocenters.